The van der Waals surface area contributed by atoms with Crippen LogP contribution in [-0.4, -0.2) is 47.5 Å². The Bertz CT molecular complexity index is 853. The molecule has 0 aliphatic heterocycles. The Balaban J connectivity index is 3.49. The number of carbonyl (C=O) groups excluding carboxylic acids is 3. The van der Waals surface area contributed by atoms with Crippen molar-refractivity contribution in [3.05, 3.63) is 47.5 Å². The standard InChI is InChI=1S/C28H45N3O4/c1-10-12-16-29-25(32)24(23-20(5)14-13-15-21(23)6)31(17-11-2)26(33)22(18-19(3)4)30-27(34)35-28(7,8)9/h11,13-15,19,22,24H,2,10,12,16-18H2,1,3-9H3,(H,29,32)(H,30,34). The second-order valence-electron chi connectivity index (χ2n) is 10.5. The maximum absolute atomic E-state index is 14.0. The van der Waals surface area contributed by atoms with Gasteiger partial charge in [-0.05, 0) is 70.1 Å². The molecule has 0 aliphatic rings. The van der Waals surface area contributed by atoms with E-state index in [4.69, 9.17) is 4.74 Å². The highest BCUT2D eigenvalue weighted by Crippen LogP contribution is 2.29. The molecule has 0 heterocycles. The summed E-state index contributed by atoms with van der Waals surface area (Å²) in [5.74, 6) is -0.462. The molecule has 0 aromatic heterocycles. The average Bonchev–Trinajstić information content (AvgIpc) is 2.72. The molecule has 7 heteroatoms. The van der Waals surface area contributed by atoms with Crippen molar-refractivity contribution in [2.24, 2.45) is 5.92 Å². The second-order valence-corrected chi connectivity index (χ2v) is 10.5. The molecular formula is C28H45N3O4. The molecule has 1 aromatic carbocycles. The lowest BCUT2D eigenvalue weighted by atomic mass is 9.93. The van der Waals surface area contributed by atoms with E-state index in [-0.39, 0.29) is 24.3 Å². The van der Waals surface area contributed by atoms with Gasteiger partial charge in [0.05, 0.1) is 0 Å². The first-order valence-electron chi connectivity index (χ1n) is 12.6. The highest BCUT2D eigenvalue weighted by Gasteiger charge is 2.37. The number of amides is 3. The van der Waals surface area contributed by atoms with E-state index in [0.717, 1.165) is 29.5 Å². The number of alkyl carbamates (subject to hydrolysis) is 1. The van der Waals surface area contributed by atoms with Crippen LogP contribution in [-0.2, 0) is 14.3 Å². The number of hydrogen-bond acceptors (Lipinski definition) is 4. The lowest BCUT2D eigenvalue weighted by Gasteiger charge is -2.35. The van der Waals surface area contributed by atoms with Crippen LogP contribution in [0, 0.1) is 19.8 Å². The van der Waals surface area contributed by atoms with Crippen LogP contribution in [0.15, 0.2) is 30.9 Å². The van der Waals surface area contributed by atoms with Crippen molar-refractivity contribution in [1.82, 2.24) is 15.5 Å². The van der Waals surface area contributed by atoms with Gasteiger partial charge in [-0.2, -0.15) is 0 Å². The lowest BCUT2D eigenvalue weighted by molar-refractivity contribution is -0.142. The van der Waals surface area contributed by atoms with Crippen LogP contribution in [0.25, 0.3) is 0 Å². The highest BCUT2D eigenvalue weighted by molar-refractivity contribution is 5.92. The first kappa shape index (κ1) is 30.2. The smallest absolute Gasteiger partial charge is 0.408 e. The van der Waals surface area contributed by atoms with Crippen LogP contribution in [0.4, 0.5) is 4.79 Å². The molecule has 0 saturated carbocycles. The fourth-order valence-corrected chi connectivity index (χ4v) is 3.98. The van der Waals surface area contributed by atoms with Crippen LogP contribution in [0.2, 0.25) is 0 Å². The summed E-state index contributed by atoms with van der Waals surface area (Å²) in [6.07, 6.45) is 3.14. The van der Waals surface area contributed by atoms with E-state index in [9.17, 15) is 14.4 Å². The van der Waals surface area contributed by atoms with Crippen molar-refractivity contribution in [2.45, 2.75) is 92.3 Å². The normalized spacial score (nSPS) is 13.1. The van der Waals surface area contributed by atoms with Crippen molar-refractivity contribution < 1.29 is 19.1 Å². The molecule has 2 atom stereocenters. The Labute approximate surface area is 211 Å². The number of rotatable bonds is 12. The van der Waals surface area contributed by atoms with Crippen molar-refractivity contribution in [3.63, 3.8) is 0 Å². The largest absolute Gasteiger partial charge is 0.444 e. The molecule has 7 nitrogen and oxygen atoms in total. The number of benzene rings is 1. The Kier molecular flexibility index (Phi) is 12.0. The molecule has 2 unspecified atom stereocenters. The number of carbonyl (C=O) groups is 3. The zero-order valence-corrected chi connectivity index (χ0v) is 22.9. The van der Waals surface area contributed by atoms with E-state index < -0.39 is 23.8 Å². The van der Waals surface area contributed by atoms with Crippen molar-refractivity contribution >= 4 is 17.9 Å². The zero-order valence-electron chi connectivity index (χ0n) is 22.9. The number of nitrogens with one attached hydrogen (secondary N) is 2. The summed E-state index contributed by atoms with van der Waals surface area (Å²) in [4.78, 5) is 41.6. The molecule has 0 saturated heterocycles. The first-order chi connectivity index (χ1) is 16.3. The lowest BCUT2D eigenvalue weighted by Crippen LogP contribution is -2.53. The molecule has 0 aliphatic carbocycles. The number of unbranched alkanes of at least 4 members (excludes halogenated alkanes) is 1. The van der Waals surface area contributed by atoms with E-state index in [1.54, 1.807) is 26.8 Å². The minimum Gasteiger partial charge on any atom is -0.444 e. The summed E-state index contributed by atoms with van der Waals surface area (Å²) in [6.45, 7) is 19.7. The maximum Gasteiger partial charge on any atom is 0.408 e. The van der Waals surface area contributed by atoms with E-state index >= 15 is 0 Å². The maximum atomic E-state index is 14.0. The molecule has 196 valence electrons. The Morgan fingerprint density at radius 2 is 1.74 bits per heavy atom. The third-order valence-electron chi connectivity index (χ3n) is 5.51. The van der Waals surface area contributed by atoms with Crippen molar-refractivity contribution in [2.75, 3.05) is 13.1 Å². The van der Waals surface area contributed by atoms with Crippen LogP contribution in [0.1, 0.15) is 83.5 Å². The number of aryl methyl sites for hydroxylation is 2. The molecule has 0 spiro atoms. The van der Waals surface area contributed by atoms with Crippen molar-refractivity contribution in [3.8, 4) is 0 Å². The number of nitrogens with zero attached hydrogens (tertiary/aromatic N) is 1. The summed E-state index contributed by atoms with van der Waals surface area (Å²) in [7, 11) is 0. The second kappa shape index (κ2) is 13.9. The molecule has 0 radical (unpaired) electrons. The summed E-state index contributed by atoms with van der Waals surface area (Å²) in [5, 5.41) is 5.75. The van der Waals surface area contributed by atoms with Crippen LogP contribution >= 0.6 is 0 Å². The predicted octanol–water partition coefficient (Wildman–Crippen LogP) is 5.21. The van der Waals surface area contributed by atoms with Gasteiger partial charge in [0, 0.05) is 13.1 Å². The van der Waals surface area contributed by atoms with Gasteiger partial charge < -0.3 is 20.3 Å². The van der Waals surface area contributed by atoms with Gasteiger partial charge in [0.2, 0.25) is 11.8 Å². The van der Waals surface area contributed by atoms with Gasteiger partial charge in [0.25, 0.3) is 0 Å². The summed E-state index contributed by atoms with van der Waals surface area (Å²) >= 11 is 0. The fraction of sp³-hybridized carbons (Fsp3) is 0.607. The molecule has 3 amide bonds. The highest BCUT2D eigenvalue weighted by atomic mass is 16.6. The van der Waals surface area contributed by atoms with Gasteiger partial charge in [-0.15, -0.1) is 6.58 Å². The Morgan fingerprint density at radius 1 is 1.14 bits per heavy atom. The van der Waals surface area contributed by atoms with Crippen LogP contribution in [0.3, 0.4) is 0 Å². The van der Waals surface area contributed by atoms with Crippen LogP contribution < -0.4 is 10.6 Å². The Hall–Kier alpha value is -2.83. The minimum absolute atomic E-state index is 0.126. The first-order valence-corrected chi connectivity index (χ1v) is 12.6. The van der Waals surface area contributed by atoms with E-state index in [0.29, 0.717) is 13.0 Å². The monoisotopic (exact) mass is 487 g/mol. The molecule has 1 rings (SSSR count). The topological polar surface area (TPSA) is 87.7 Å². The van der Waals surface area contributed by atoms with Gasteiger partial charge in [-0.1, -0.05) is 51.5 Å². The molecule has 2 N–H and O–H groups in total. The molecule has 0 bridgehead atoms. The quantitative estimate of drug-likeness (QED) is 0.313. The molecule has 1 aromatic rings. The van der Waals surface area contributed by atoms with Gasteiger partial charge in [-0.25, -0.2) is 4.79 Å². The third-order valence-corrected chi connectivity index (χ3v) is 5.51. The number of hydrogen-bond donors (Lipinski definition) is 2. The summed E-state index contributed by atoms with van der Waals surface area (Å²) in [5.41, 5.74) is 1.93. The summed E-state index contributed by atoms with van der Waals surface area (Å²) in [6, 6.07) is 4.12. The van der Waals surface area contributed by atoms with E-state index in [2.05, 4.69) is 24.1 Å². The predicted molar refractivity (Wildman–Crippen MR) is 141 cm³/mol. The number of ether oxygens (including phenoxy) is 1. The van der Waals surface area contributed by atoms with Gasteiger partial charge in [-0.3, -0.25) is 9.59 Å². The molecular weight excluding hydrogens is 442 g/mol. The van der Waals surface area contributed by atoms with E-state index in [1.165, 1.54) is 4.90 Å². The van der Waals surface area contributed by atoms with Crippen molar-refractivity contribution in [1.29, 1.82) is 0 Å². The average molecular weight is 488 g/mol. The van der Waals surface area contributed by atoms with Gasteiger partial charge in [0.1, 0.15) is 17.7 Å². The Morgan fingerprint density at radius 3 is 2.23 bits per heavy atom. The molecule has 35 heavy (non-hydrogen) atoms. The zero-order chi connectivity index (χ0) is 26.8. The van der Waals surface area contributed by atoms with Crippen LogP contribution in [0.5, 0.6) is 0 Å². The van der Waals surface area contributed by atoms with Gasteiger partial charge in [0.15, 0.2) is 0 Å². The third kappa shape index (κ3) is 9.74. The SMILES string of the molecule is C=CCN(C(=O)C(CC(C)C)NC(=O)OC(C)(C)C)C(C(=O)NCCCC)c1c(C)cccc1C. The molecule has 0 fully saturated rings. The summed E-state index contributed by atoms with van der Waals surface area (Å²) < 4.78 is 5.42. The fourth-order valence-electron chi connectivity index (χ4n) is 3.98. The minimum atomic E-state index is -0.853. The van der Waals surface area contributed by atoms with E-state index in [1.807, 2.05) is 45.9 Å². The van der Waals surface area contributed by atoms with Gasteiger partial charge >= 0.3 is 6.09 Å².